The highest BCUT2D eigenvalue weighted by molar-refractivity contribution is 7.99. The van der Waals surface area contributed by atoms with Crippen molar-refractivity contribution in [3.8, 4) is 11.4 Å². The van der Waals surface area contributed by atoms with E-state index in [9.17, 15) is 8.42 Å². The summed E-state index contributed by atoms with van der Waals surface area (Å²) in [6, 6.07) is 7.25. The molecule has 0 fully saturated rings. The van der Waals surface area contributed by atoms with E-state index in [0.29, 0.717) is 23.8 Å². The molecular weight excluding hydrogens is 368 g/mol. The number of benzene rings is 1. The molecular formula is C18H28N4O2S2. The zero-order valence-electron chi connectivity index (χ0n) is 16.1. The van der Waals surface area contributed by atoms with Crippen LogP contribution in [-0.4, -0.2) is 46.3 Å². The largest absolute Gasteiger partial charge is 0.299 e. The minimum atomic E-state index is -3.50. The van der Waals surface area contributed by atoms with Crippen LogP contribution in [0.15, 0.2) is 34.3 Å². The van der Waals surface area contributed by atoms with Gasteiger partial charge < -0.3 is 0 Å². The first-order chi connectivity index (χ1) is 12.4. The van der Waals surface area contributed by atoms with Crippen molar-refractivity contribution in [2.24, 2.45) is 0 Å². The molecule has 0 amide bonds. The van der Waals surface area contributed by atoms with E-state index < -0.39 is 10.0 Å². The number of aromatic nitrogens is 3. The molecule has 0 aliphatic heterocycles. The van der Waals surface area contributed by atoms with Crippen LogP contribution in [0.4, 0.5) is 0 Å². The lowest BCUT2D eigenvalue weighted by atomic mass is 10.2. The highest BCUT2D eigenvalue weighted by Crippen LogP contribution is 2.30. The number of nitrogens with zero attached hydrogens (tertiary/aromatic N) is 4. The maximum atomic E-state index is 12.8. The van der Waals surface area contributed by atoms with Crippen molar-refractivity contribution in [2.75, 3.05) is 18.8 Å². The van der Waals surface area contributed by atoms with E-state index in [-0.39, 0.29) is 6.04 Å². The van der Waals surface area contributed by atoms with Crippen molar-refractivity contribution < 1.29 is 8.42 Å². The second kappa shape index (κ2) is 9.01. The maximum Gasteiger partial charge on any atom is 0.243 e. The van der Waals surface area contributed by atoms with Gasteiger partial charge in [0.15, 0.2) is 11.0 Å². The second-order valence-corrected chi connectivity index (χ2v) is 9.15. The standard InChI is InChI=1S/C18H28N4O2S2/c1-6-14(5)22-17(19-20-18(22)25-9-4)15-11-10-12-16(13-15)26(23,24)21(7-2)8-3/h10-14H,6-9H2,1-5H3/t14-/m0/s1. The molecule has 2 rings (SSSR count). The van der Waals surface area contributed by atoms with E-state index >= 15 is 0 Å². The van der Waals surface area contributed by atoms with Gasteiger partial charge in [-0.05, 0) is 31.2 Å². The molecule has 0 saturated carbocycles. The molecule has 0 bridgehead atoms. The average molecular weight is 397 g/mol. The SMILES string of the molecule is CCSc1nnc(-c2cccc(S(=O)(=O)N(CC)CC)c2)n1[C@@H](C)CC. The van der Waals surface area contributed by atoms with Gasteiger partial charge in [0.25, 0.3) is 0 Å². The summed E-state index contributed by atoms with van der Waals surface area (Å²) in [5, 5.41) is 9.56. The molecule has 2 aromatic rings. The Balaban J connectivity index is 2.55. The van der Waals surface area contributed by atoms with Crippen molar-refractivity contribution >= 4 is 21.8 Å². The molecule has 6 nitrogen and oxygen atoms in total. The van der Waals surface area contributed by atoms with E-state index in [2.05, 4.69) is 35.5 Å². The van der Waals surface area contributed by atoms with Crippen LogP contribution in [0, 0.1) is 0 Å². The summed E-state index contributed by atoms with van der Waals surface area (Å²) in [5.41, 5.74) is 0.772. The molecule has 8 heteroatoms. The quantitative estimate of drug-likeness (QED) is 0.598. The topological polar surface area (TPSA) is 68.1 Å². The van der Waals surface area contributed by atoms with Gasteiger partial charge in [0.1, 0.15) is 0 Å². The number of sulfonamides is 1. The molecule has 144 valence electrons. The summed E-state index contributed by atoms with van der Waals surface area (Å²) in [7, 11) is -3.50. The number of hydrogen-bond acceptors (Lipinski definition) is 5. The van der Waals surface area contributed by atoms with Crippen LogP contribution >= 0.6 is 11.8 Å². The minimum absolute atomic E-state index is 0.233. The summed E-state index contributed by atoms with van der Waals surface area (Å²) < 4.78 is 29.2. The van der Waals surface area contributed by atoms with Crippen LogP contribution in [0.2, 0.25) is 0 Å². The fraction of sp³-hybridized carbons (Fsp3) is 0.556. The fourth-order valence-electron chi connectivity index (χ4n) is 2.79. The second-order valence-electron chi connectivity index (χ2n) is 5.98. The van der Waals surface area contributed by atoms with Gasteiger partial charge in [-0.3, -0.25) is 4.57 Å². The summed E-state index contributed by atoms with van der Waals surface area (Å²) in [6.45, 7) is 10.9. The molecule has 1 aromatic heterocycles. The van der Waals surface area contributed by atoms with Gasteiger partial charge in [0.05, 0.1) is 4.90 Å². The zero-order valence-corrected chi connectivity index (χ0v) is 17.8. The van der Waals surface area contributed by atoms with Crippen molar-refractivity contribution in [1.82, 2.24) is 19.1 Å². The first-order valence-electron chi connectivity index (χ1n) is 9.08. The third-order valence-electron chi connectivity index (χ3n) is 4.40. The lowest BCUT2D eigenvalue weighted by Gasteiger charge is -2.19. The Morgan fingerprint density at radius 2 is 1.85 bits per heavy atom. The molecule has 1 aromatic carbocycles. The molecule has 26 heavy (non-hydrogen) atoms. The number of rotatable bonds is 9. The molecule has 0 saturated heterocycles. The summed E-state index contributed by atoms with van der Waals surface area (Å²) in [4.78, 5) is 0.294. The van der Waals surface area contributed by atoms with Crippen molar-refractivity contribution in [2.45, 2.75) is 57.1 Å². The Morgan fingerprint density at radius 1 is 1.15 bits per heavy atom. The molecule has 0 radical (unpaired) electrons. The molecule has 0 N–H and O–H groups in total. The van der Waals surface area contributed by atoms with Crippen LogP contribution < -0.4 is 0 Å². The average Bonchev–Trinajstić information content (AvgIpc) is 3.06. The molecule has 1 atom stereocenters. The van der Waals surface area contributed by atoms with Gasteiger partial charge >= 0.3 is 0 Å². The van der Waals surface area contributed by atoms with Gasteiger partial charge in [0.2, 0.25) is 10.0 Å². The van der Waals surface area contributed by atoms with Gasteiger partial charge in [-0.1, -0.05) is 51.6 Å². The molecule has 1 heterocycles. The van der Waals surface area contributed by atoms with E-state index in [1.165, 1.54) is 4.31 Å². The normalized spacial score (nSPS) is 13.3. The number of hydrogen-bond donors (Lipinski definition) is 0. The predicted octanol–water partition coefficient (Wildman–Crippen LogP) is 4.06. The Hall–Kier alpha value is -1.38. The Kier molecular flexibility index (Phi) is 7.25. The van der Waals surface area contributed by atoms with Gasteiger partial charge in [-0.25, -0.2) is 8.42 Å². The van der Waals surface area contributed by atoms with Crippen LogP contribution in [0.25, 0.3) is 11.4 Å². The summed E-state index contributed by atoms with van der Waals surface area (Å²) in [6.07, 6.45) is 0.944. The van der Waals surface area contributed by atoms with Gasteiger partial charge in [-0.15, -0.1) is 10.2 Å². The van der Waals surface area contributed by atoms with Crippen LogP contribution in [-0.2, 0) is 10.0 Å². The molecule has 0 aliphatic rings. The van der Waals surface area contributed by atoms with Gasteiger partial charge in [-0.2, -0.15) is 4.31 Å². The smallest absolute Gasteiger partial charge is 0.243 e. The summed E-state index contributed by atoms with van der Waals surface area (Å²) in [5.74, 6) is 1.62. The Morgan fingerprint density at radius 3 is 2.42 bits per heavy atom. The number of thioether (sulfide) groups is 1. The van der Waals surface area contributed by atoms with E-state index in [4.69, 9.17) is 0 Å². The summed E-state index contributed by atoms with van der Waals surface area (Å²) >= 11 is 1.65. The van der Waals surface area contributed by atoms with E-state index in [1.807, 2.05) is 19.9 Å². The first-order valence-corrected chi connectivity index (χ1v) is 11.5. The monoisotopic (exact) mass is 396 g/mol. The van der Waals surface area contributed by atoms with Crippen LogP contribution in [0.5, 0.6) is 0 Å². The third kappa shape index (κ3) is 4.13. The molecule has 0 aliphatic carbocycles. The lowest BCUT2D eigenvalue weighted by molar-refractivity contribution is 0.445. The van der Waals surface area contributed by atoms with E-state index in [1.54, 1.807) is 30.0 Å². The lowest BCUT2D eigenvalue weighted by Crippen LogP contribution is -2.30. The zero-order chi connectivity index (χ0) is 19.3. The highest BCUT2D eigenvalue weighted by atomic mass is 32.2. The fourth-order valence-corrected chi connectivity index (χ4v) is 5.06. The van der Waals surface area contributed by atoms with Gasteiger partial charge in [0, 0.05) is 24.7 Å². The van der Waals surface area contributed by atoms with Crippen molar-refractivity contribution in [3.63, 3.8) is 0 Å². The maximum absolute atomic E-state index is 12.8. The predicted molar refractivity (Wildman–Crippen MR) is 107 cm³/mol. The third-order valence-corrected chi connectivity index (χ3v) is 7.28. The molecule has 0 unspecified atom stereocenters. The highest BCUT2D eigenvalue weighted by Gasteiger charge is 2.23. The molecule has 0 spiro atoms. The van der Waals surface area contributed by atoms with Crippen molar-refractivity contribution in [3.05, 3.63) is 24.3 Å². The Labute approximate surface area is 161 Å². The van der Waals surface area contributed by atoms with Crippen LogP contribution in [0.3, 0.4) is 0 Å². The van der Waals surface area contributed by atoms with Crippen molar-refractivity contribution in [1.29, 1.82) is 0 Å². The Bertz CT molecular complexity index is 829. The van der Waals surface area contributed by atoms with Crippen LogP contribution in [0.1, 0.15) is 47.1 Å². The first kappa shape index (κ1) is 20.9. The van der Waals surface area contributed by atoms with E-state index in [0.717, 1.165) is 22.9 Å². The minimum Gasteiger partial charge on any atom is -0.299 e.